The second-order valence-corrected chi connectivity index (χ2v) is 18.1. The maximum atomic E-state index is 13.3. The quantitative estimate of drug-likeness (QED) is 0.0787. The first-order valence-electron chi connectivity index (χ1n) is 18.3. The molecule has 2 aliphatic rings. The van der Waals surface area contributed by atoms with E-state index >= 15 is 0 Å². The summed E-state index contributed by atoms with van der Waals surface area (Å²) in [6.45, 7) is 13.0. The van der Waals surface area contributed by atoms with Gasteiger partial charge in [0, 0.05) is 81.7 Å². The summed E-state index contributed by atoms with van der Waals surface area (Å²) in [4.78, 5) is 36.2. The number of carboxylic acids is 1. The largest absolute Gasteiger partial charge is 0.478 e. The van der Waals surface area contributed by atoms with Gasteiger partial charge in [0.05, 0.1) is 50.6 Å². The highest BCUT2D eigenvalue weighted by atomic mass is 32.1. The number of amides is 1. The highest BCUT2D eigenvalue weighted by molar-refractivity contribution is 7.10. The molecule has 5 aromatic rings. The Kier molecular flexibility index (Phi) is 16.3. The molecule has 2 fully saturated rings. The number of hydrogen-bond acceptors (Lipinski definition) is 16. The SMILES string of the molecule is C[C@@H]1CC[C@@H](c2nc(C(C)(C)O)cs2)CN1.C[C@@H]1CC[C@@H](c2nc(C(C)(C)O)cs2)CN1C(=O)c1cscc1-n1nccn1.N=CC=N.Nc1cscc1C(=O)O. The molecule has 7 heterocycles. The summed E-state index contributed by atoms with van der Waals surface area (Å²) >= 11 is 6.00. The fourth-order valence-corrected chi connectivity index (χ4v) is 9.61. The molecule has 0 aromatic carbocycles. The number of carbonyl (C=O) groups is 2. The molecular formula is C38H52N10O5S4. The first-order chi connectivity index (χ1) is 26.9. The van der Waals surface area contributed by atoms with Crippen molar-refractivity contribution in [3.8, 4) is 5.69 Å². The van der Waals surface area contributed by atoms with Crippen LogP contribution in [0.2, 0.25) is 0 Å². The minimum absolute atomic E-state index is 0.00465. The van der Waals surface area contributed by atoms with Crippen LogP contribution in [0.1, 0.15) is 121 Å². The van der Waals surface area contributed by atoms with E-state index in [0.717, 1.165) is 47.5 Å². The Morgan fingerprint density at radius 3 is 1.82 bits per heavy atom. The number of piperidine rings is 2. The average molecular weight is 857 g/mol. The number of nitrogens with one attached hydrogen (secondary N) is 3. The normalized spacial score (nSPS) is 19.5. The van der Waals surface area contributed by atoms with Gasteiger partial charge in [-0.25, -0.2) is 14.8 Å². The van der Waals surface area contributed by atoms with Gasteiger partial charge in [-0.3, -0.25) is 4.79 Å². The predicted octanol–water partition coefficient (Wildman–Crippen LogP) is 6.96. The highest BCUT2D eigenvalue weighted by Gasteiger charge is 2.34. The van der Waals surface area contributed by atoms with Crippen LogP contribution in [-0.4, -0.2) is 94.7 Å². The van der Waals surface area contributed by atoms with Crippen molar-refractivity contribution in [3.63, 3.8) is 0 Å². The zero-order valence-electron chi connectivity index (χ0n) is 32.9. The third-order valence-electron chi connectivity index (χ3n) is 9.31. The van der Waals surface area contributed by atoms with Crippen molar-refractivity contribution in [2.24, 2.45) is 0 Å². The van der Waals surface area contributed by atoms with Gasteiger partial charge in [-0.2, -0.15) is 10.2 Å². The fraction of sp³-hybridized carbons (Fsp3) is 0.474. The molecule has 19 heteroatoms. The molecule has 0 unspecified atom stereocenters. The van der Waals surface area contributed by atoms with Crippen LogP contribution in [0.3, 0.4) is 0 Å². The molecule has 0 spiro atoms. The van der Waals surface area contributed by atoms with Crippen molar-refractivity contribution >= 4 is 75.3 Å². The molecule has 8 N–H and O–H groups in total. The second-order valence-electron chi connectivity index (χ2n) is 14.8. The van der Waals surface area contributed by atoms with Gasteiger partial charge in [0.2, 0.25) is 0 Å². The molecule has 1 amide bonds. The first kappa shape index (κ1) is 45.5. The zero-order chi connectivity index (χ0) is 41.9. The molecule has 0 radical (unpaired) electrons. The smallest absolute Gasteiger partial charge is 0.338 e. The van der Waals surface area contributed by atoms with Crippen molar-refractivity contribution in [3.05, 3.63) is 77.2 Å². The number of nitrogens with two attached hydrogens (primary N) is 1. The Labute approximate surface area is 348 Å². The maximum absolute atomic E-state index is 13.3. The van der Waals surface area contributed by atoms with E-state index in [4.69, 9.17) is 21.7 Å². The lowest BCUT2D eigenvalue weighted by molar-refractivity contribution is 0.0604. The number of anilines is 1. The molecular weight excluding hydrogens is 805 g/mol. The molecule has 15 nitrogen and oxygen atoms in total. The topological polar surface area (TPSA) is 240 Å². The monoisotopic (exact) mass is 856 g/mol. The molecule has 0 saturated carbocycles. The number of thiazole rings is 2. The minimum atomic E-state index is -0.964. The van der Waals surface area contributed by atoms with E-state index in [1.165, 1.54) is 45.7 Å². The lowest BCUT2D eigenvalue weighted by Crippen LogP contribution is -2.45. The van der Waals surface area contributed by atoms with Crippen LogP contribution in [0, 0.1) is 10.8 Å². The lowest BCUT2D eigenvalue weighted by Gasteiger charge is -2.37. The Morgan fingerprint density at radius 1 is 0.825 bits per heavy atom. The highest BCUT2D eigenvalue weighted by Crippen LogP contribution is 2.35. The molecule has 5 aromatic heterocycles. The lowest BCUT2D eigenvalue weighted by atomic mass is 9.93. The fourth-order valence-electron chi connectivity index (χ4n) is 5.89. The number of likely N-dealkylation sites (tertiary alicyclic amines) is 1. The van der Waals surface area contributed by atoms with Gasteiger partial charge in [-0.05, 0) is 67.2 Å². The third-order valence-corrected chi connectivity index (χ3v) is 12.8. The molecule has 2 saturated heterocycles. The number of aliphatic hydroxyl groups is 2. The van der Waals surface area contributed by atoms with E-state index < -0.39 is 17.2 Å². The Bertz CT molecular complexity index is 2030. The number of carbonyl (C=O) groups excluding carboxylic acids is 1. The summed E-state index contributed by atoms with van der Waals surface area (Å²) in [5.41, 5.74) is 6.87. The molecule has 7 rings (SSSR count). The van der Waals surface area contributed by atoms with E-state index in [2.05, 4.69) is 39.3 Å². The number of nitrogens with zero attached hydrogens (tertiary/aromatic N) is 6. The Balaban J connectivity index is 0.000000207. The summed E-state index contributed by atoms with van der Waals surface area (Å²) < 4.78 is 0. The van der Waals surface area contributed by atoms with Gasteiger partial charge >= 0.3 is 5.97 Å². The minimum Gasteiger partial charge on any atom is -0.478 e. The van der Waals surface area contributed by atoms with Crippen molar-refractivity contribution < 1.29 is 24.9 Å². The first-order valence-corrected chi connectivity index (χ1v) is 22.0. The van der Waals surface area contributed by atoms with Gasteiger partial charge in [0.15, 0.2) is 0 Å². The molecule has 0 bridgehead atoms. The van der Waals surface area contributed by atoms with Crippen molar-refractivity contribution in [1.82, 2.24) is 35.2 Å². The summed E-state index contributed by atoms with van der Waals surface area (Å²) in [6, 6.07) is 0.792. The van der Waals surface area contributed by atoms with Crippen LogP contribution in [0.25, 0.3) is 5.69 Å². The predicted molar refractivity (Wildman–Crippen MR) is 229 cm³/mol. The van der Waals surface area contributed by atoms with E-state index in [1.54, 1.807) is 68.1 Å². The van der Waals surface area contributed by atoms with Gasteiger partial charge in [0.25, 0.3) is 5.91 Å². The van der Waals surface area contributed by atoms with Crippen LogP contribution in [0.5, 0.6) is 0 Å². The summed E-state index contributed by atoms with van der Waals surface area (Å²) in [5, 5.41) is 65.4. The number of nitrogen functional groups attached to an aromatic ring is 1. The van der Waals surface area contributed by atoms with E-state index in [0.29, 0.717) is 41.1 Å². The Morgan fingerprint density at radius 2 is 1.37 bits per heavy atom. The molecule has 0 aliphatic carbocycles. The number of aromatic carboxylic acids is 1. The number of carboxylic acid groups (broad SMARTS) is 1. The van der Waals surface area contributed by atoms with Crippen molar-refractivity contribution in [2.45, 2.75) is 102 Å². The van der Waals surface area contributed by atoms with Gasteiger partial charge in [-0.15, -0.1) is 50.1 Å². The Hall–Kier alpha value is -4.24. The van der Waals surface area contributed by atoms with Crippen molar-refractivity contribution in [1.29, 1.82) is 10.8 Å². The summed E-state index contributed by atoms with van der Waals surface area (Å²) in [5.74, 6) is -0.248. The molecule has 4 atom stereocenters. The zero-order valence-corrected chi connectivity index (χ0v) is 36.1. The number of aromatic nitrogens is 5. The van der Waals surface area contributed by atoms with Gasteiger partial charge in [-0.1, -0.05) is 0 Å². The van der Waals surface area contributed by atoms with E-state index in [1.807, 2.05) is 26.4 Å². The third kappa shape index (κ3) is 12.6. The van der Waals surface area contributed by atoms with Crippen molar-refractivity contribution in [2.75, 3.05) is 18.8 Å². The van der Waals surface area contributed by atoms with Crippen LogP contribution in [0.4, 0.5) is 5.69 Å². The summed E-state index contributed by atoms with van der Waals surface area (Å²) in [7, 11) is 0. The summed E-state index contributed by atoms with van der Waals surface area (Å²) in [6.07, 6.45) is 9.37. The molecule has 308 valence electrons. The number of rotatable bonds is 8. The molecule has 57 heavy (non-hydrogen) atoms. The van der Waals surface area contributed by atoms with Gasteiger partial charge < -0.3 is 42.1 Å². The van der Waals surface area contributed by atoms with Gasteiger partial charge in [0.1, 0.15) is 16.9 Å². The van der Waals surface area contributed by atoms with E-state index in [9.17, 15) is 19.8 Å². The standard InChI is InChI=1S/C19H23N5O2S2.C12H20N2OS.C5H5NO2S.C2H4N2/c1-12-4-5-13(17-22-16(11-28-17)19(2,3)26)8-23(12)18(25)14-9-27-10-15(14)24-20-6-7-21-24;1-8-4-5-9(6-13-8)11-14-10(7-16-11)12(2,3)15;6-4-2-9-1-3(4)5(7)8;3-1-2-4/h6-7,9-13,26H,4-5,8H2,1-3H3;7-9,13,15H,4-6H2,1-3H3;1-2H,6H2,(H,7,8);1-4H/t12-,13-;8-,9-;;/m11../s1. The van der Waals surface area contributed by atoms with Crippen LogP contribution >= 0.6 is 45.3 Å². The number of hydrogen-bond donors (Lipinski definition) is 7. The average Bonchev–Trinajstić information content (AvgIpc) is 4.01. The number of thiophene rings is 2. The van der Waals surface area contributed by atoms with E-state index in [-0.39, 0.29) is 23.4 Å². The molecule has 2 aliphatic heterocycles. The van der Waals surface area contributed by atoms with Crippen LogP contribution in [-0.2, 0) is 11.2 Å². The second kappa shape index (κ2) is 20.4. The maximum Gasteiger partial charge on any atom is 0.338 e. The van der Waals surface area contributed by atoms with Crippen LogP contribution in [0.15, 0.2) is 44.7 Å². The van der Waals surface area contributed by atoms with Crippen LogP contribution < -0.4 is 11.1 Å².